The van der Waals surface area contributed by atoms with Crippen molar-refractivity contribution in [1.29, 1.82) is 0 Å². The molecule has 162 valence electrons. The molecule has 1 aliphatic heterocycles. The van der Waals surface area contributed by atoms with Crippen molar-refractivity contribution in [3.05, 3.63) is 65.5 Å². The van der Waals surface area contributed by atoms with Crippen LogP contribution in [0.25, 0.3) is 0 Å². The Morgan fingerprint density at radius 1 is 1.07 bits per heavy atom. The van der Waals surface area contributed by atoms with Crippen molar-refractivity contribution in [3.63, 3.8) is 0 Å². The Labute approximate surface area is 178 Å². The summed E-state index contributed by atoms with van der Waals surface area (Å²) in [6, 6.07) is 15.3. The molecule has 30 heavy (non-hydrogen) atoms. The summed E-state index contributed by atoms with van der Waals surface area (Å²) in [7, 11) is 5.84. The van der Waals surface area contributed by atoms with Crippen LogP contribution in [-0.2, 0) is 6.54 Å². The molecular formula is C23H32FN5O. The second kappa shape index (κ2) is 10.4. The van der Waals surface area contributed by atoms with Gasteiger partial charge in [0, 0.05) is 52.0 Å². The summed E-state index contributed by atoms with van der Waals surface area (Å²) >= 11 is 0. The molecule has 0 aliphatic carbocycles. The maximum absolute atomic E-state index is 13.1. The van der Waals surface area contributed by atoms with E-state index in [0.29, 0.717) is 19.1 Å². The first-order valence-electron chi connectivity index (χ1n) is 10.4. The number of urea groups is 1. The van der Waals surface area contributed by atoms with Crippen molar-refractivity contribution in [2.24, 2.45) is 0 Å². The van der Waals surface area contributed by atoms with Crippen LogP contribution in [0.3, 0.4) is 0 Å². The first-order chi connectivity index (χ1) is 14.4. The lowest BCUT2D eigenvalue weighted by molar-refractivity contribution is 0.207. The predicted molar refractivity (Wildman–Crippen MR) is 119 cm³/mol. The van der Waals surface area contributed by atoms with Gasteiger partial charge in [-0.2, -0.15) is 0 Å². The zero-order valence-corrected chi connectivity index (χ0v) is 18.0. The number of benzene rings is 2. The molecule has 2 unspecified atom stereocenters. The van der Waals surface area contributed by atoms with Gasteiger partial charge in [0.1, 0.15) is 5.82 Å². The van der Waals surface area contributed by atoms with Crippen molar-refractivity contribution < 1.29 is 9.18 Å². The van der Waals surface area contributed by atoms with Gasteiger partial charge in [-0.05, 0) is 54.7 Å². The smallest absolute Gasteiger partial charge is 0.317 e. The Morgan fingerprint density at radius 2 is 1.77 bits per heavy atom. The molecular weight excluding hydrogens is 381 g/mol. The van der Waals surface area contributed by atoms with Gasteiger partial charge in [-0.25, -0.2) is 9.18 Å². The fraction of sp³-hybridized carbons (Fsp3) is 0.435. The Balaban J connectivity index is 1.34. The van der Waals surface area contributed by atoms with E-state index in [1.54, 1.807) is 4.90 Å². The Hall–Kier alpha value is -2.64. The van der Waals surface area contributed by atoms with Crippen LogP contribution in [-0.4, -0.2) is 44.7 Å². The SMILES string of the molecule is CN(CCCC1CC(c2ccc(F)cc2)NN1)C(=O)NCc1ccc(N(C)C)cc1. The zero-order valence-electron chi connectivity index (χ0n) is 18.0. The van der Waals surface area contributed by atoms with Crippen LogP contribution in [0.15, 0.2) is 48.5 Å². The second-order valence-electron chi connectivity index (χ2n) is 8.11. The van der Waals surface area contributed by atoms with Gasteiger partial charge in [-0.3, -0.25) is 10.9 Å². The van der Waals surface area contributed by atoms with E-state index in [2.05, 4.69) is 16.2 Å². The molecule has 7 heteroatoms. The number of hydrogen-bond donors (Lipinski definition) is 3. The van der Waals surface area contributed by atoms with Crippen LogP contribution in [0.1, 0.15) is 36.4 Å². The van der Waals surface area contributed by atoms with Crippen molar-refractivity contribution in [3.8, 4) is 0 Å². The van der Waals surface area contributed by atoms with Crippen LogP contribution in [0.4, 0.5) is 14.9 Å². The average Bonchev–Trinajstić information content (AvgIpc) is 3.21. The van der Waals surface area contributed by atoms with Crippen LogP contribution in [0.5, 0.6) is 0 Å². The highest BCUT2D eigenvalue weighted by atomic mass is 19.1. The van der Waals surface area contributed by atoms with Crippen LogP contribution >= 0.6 is 0 Å². The number of nitrogens with zero attached hydrogens (tertiary/aromatic N) is 2. The van der Waals surface area contributed by atoms with E-state index < -0.39 is 0 Å². The molecule has 2 atom stereocenters. The largest absolute Gasteiger partial charge is 0.378 e. The summed E-state index contributed by atoms with van der Waals surface area (Å²) in [5.74, 6) is -0.215. The average molecular weight is 414 g/mol. The standard InChI is InChI=1S/C23H32FN5O/c1-28(2)21-12-6-17(7-13-21)16-25-23(30)29(3)14-4-5-20-15-22(27-26-20)18-8-10-19(24)11-9-18/h6-13,20,22,26-27H,4-5,14-16H2,1-3H3,(H,25,30). The van der Waals surface area contributed by atoms with E-state index in [4.69, 9.17) is 0 Å². The van der Waals surface area contributed by atoms with Gasteiger partial charge in [-0.1, -0.05) is 24.3 Å². The van der Waals surface area contributed by atoms with Gasteiger partial charge in [0.05, 0.1) is 0 Å². The van der Waals surface area contributed by atoms with Gasteiger partial charge in [0.25, 0.3) is 0 Å². The molecule has 2 aromatic carbocycles. The fourth-order valence-corrected chi connectivity index (χ4v) is 3.63. The lowest BCUT2D eigenvalue weighted by Crippen LogP contribution is -2.38. The summed E-state index contributed by atoms with van der Waals surface area (Å²) in [6.45, 7) is 1.22. The number of anilines is 1. The third kappa shape index (κ3) is 6.18. The summed E-state index contributed by atoms with van der Waals surface area (Å²) in [6.07, 6.45) is 2.83. The van der Waals surface area contributed by atoms with Crippen LogP contribution in [0.2, 0.25) is 0 Å². The Morgan fingerprint density at radius 3 is 2.43 bits per heavy atom. The van der Waals surface area contributed by atoms with Crippen molar-refractivity contribution >= 4 is 11.7 Å². The number of amides is 2. The summed E-state index contributed by atoms with van der Waals surface area (Å²) in [5, 5.41) is 2.97. The van der Waals surface area contributed by atoms with E-state index >= 15 is 0 Å². The highest BCUT2D eigenvalue weighted by Crippen LogP contribution is 2.24. The van der Waals surface area contributed by atoms with E-state index in [0.717, 1.165) is 36.1 Å². The van der Waals surface area contributed by atoms with Crippen LogP contribution < -0.4 is 21.1 Å². The van der Waals surface area contributed by atoms with Gasteiger partial charge >= 0.3 is 6.03 Å². The molecule has 0 radical (unpaired) electrons. The molecule has 1 fully saturated rings. The number of rotatable bonds is 8. The summed E-state index contributed by atoms with van der Waals surface area (Å²) in [4.78, 5) is 16.1. The first kappa shape index (κ1) is 22.1. The number of carbonyl (C=O) groups is 1. The molecule has 0 bridgehead atoms. The normalized spacial score (nSPS) is 18.3. The summed E-state index contributed by atoms with van der Waals surface area (Å²) < 4.78 is 13.1. The lowest BCUT2D eigenvalue weighted by atomic mass is 10.00. The Kier molecular flexibility index (Phi) is 7.65. The molecule has 0 spiro atoms. The van der Waals surface area contributed by atoms with E-state index in [-0.39, 0.29) is 17.9 Å². The van der Waals surface area contributed by atoms with Crippen molar-refractivity contribution in [2.45, 2.75) is 37.9 Å². The van der Waals surface area contributed by atoms with Crippen molar-refractivity contribution in [1.82, 2.24) is 21.1 Å². The Bertz CT molecular complexity index is 809. The number of halogens is 1. The molecule has 3 rings (SSSR count). The lowest BCUT2D eigenvalue weighted by Gasteiger charge is -2.19. The zero-order chi connectivity index (χ0) is 21.5. The molecule has 1 aliphatic rings. The minimum absolute atomic E-state index is 0.0617. The molecule has 1 heterocycles. The molecule has 1 saturated heterocycles. The topological polar surface area (TPSA) is 59.6 Å². The van der Waals surface area contributed by atoms with Gasteiger partial charge in [0.2, 0.25) is 0 Å². The van der Waals surface area contributed by atoms with Crippen molar-refractivity contribution in [2.75, 3.05) is 32.6 Å². The third-order valence-electron chi connectivity index (χ3n) is 5.54. The molecule has 3 N–H and O–H groups in total. The minimum Gasteiger partial charge on any atom is -0.378 e. The van der Waals surface area contributed by atoms with Crippen LogP contribution in [0, 0.1) is 5.82 Å². The number of nitrogens with one attached hydrogen (secondary N) is 3. The van der Waals surface area contributed by atoms with Gasteiger partial charge in [-0.15, -0.1) is 0 Å². The molecule has 0 saturated carbocycles. The molecule has 2 amide bonds. The molecule has 2 aromatic rings. The van der Waals surface area contributed by atoms with E-state index in [9.17, 15) is 9.18 Å². The number of carbonyl (C=O) groups excluding carboxylic acids is 1. The minimum atomic E-state index is -0.215. The summed E-state index contributed by atoms with van der Waals surface area (Å²) in [5.41, 5.74) is 9.90. The van der Waals surface area contributed by atoms with E-state index in [1.165, 1.54) is 12.1 Å². The third-order valence-corrected chi connectivity index (χ3v) is 5.54. The number of hydrazine groups is 1. The quantitative estimate of drug-likeness (QED) is 0.621. The monoisotopic (exact) mass is 413 g/mol. The van der Waals surface area contributed by atoms with E-state index in [1.807, 2.05) is 62.4 Å². The van der Waals surface area contributed by atoms with Gasteiger partial charge in [0.15, 0.2) is 0 Å². The molecule has 0 aromatic heterocycles. The first-order valence-corrected chi connectivity index (χ1v) is 10.4. The maximum atomic E-state index is 13.1. The number of hydrogen-bond acceptors (Lipinski definition) is 4. The van der Waals surface area contributed by atoms with Gasteiger partial charge < -0.3 is 15.1 Å². The molecule has 6 nitrogen and oxygen atoms in total. The highest BCUT2D eigenvalue weighted by molar-refractivity contribution is 5.73. The highest BCUT2D eigenvalue weighted by Gasteiger charge is 2.24. The predicted octanol–water partition coefficient (Wildman–Crippen LogP) is 3.42. The maximum Gasteiger partial charge on any atom is 0.317 e. The fourth-order valence-electron chi connectivity index (χ4n) is 3.63. The second-order valence-corrected chi connectivity index (χ2v) is 8.11.